The summed E-state index contributed by atoms with van der Waals surface area (Å²) in [5.74, 6) is -1.26. The van der Waals surface area contributed by atoms with Gasteiger partial charge in [-0.2, -0.15) is 0 Å². The molecule has 2 aromatic carbocycles. The molecule has 2 bridgehead atoms. The monoisotopic (exact) mass is 660 g/mol. The fourth-order valence-electron chi connectivity index (χ4n) is 7.97. The molecule has 2 unspecified atom stereocenters. The van der Waals surface area contributed by atoms with E-state index in [1.165, 1.54) is 0 Å². The molecule has 0 radical (unpaired) electrons. The number of carbonyl (C=O) groups is 3. The first-order valence-electron chi connectivity index (χ1n) is 16.7. The number of fused-ring (bicyclic) bond motifs is 1. The molecule has 3 saturated heterocycles. The molecule has 9 nitrogen and oxygen atoms in total. The third-order valence-corrected chi connectivity index (χ3v) is 12.0. The molecule has 3 fully saturated rings. The van der Waals surface area contributed by atoms with Crippen molar-refractivity contribution in [3.8, 4) is 5.75 Å². The number of ether oxygens (including phenoxy) is 1. The Morgan fingerprint density at radius 2 is 1.49 bits per heavy atom. The fourth-order valence-corrected chi connectivity index (χ4v) is 10.3. The Kier molecular flexibility index (Phi) is 10.4. The highest BCUT2D eigenvalue weighted by atomic mass is 32.2. The van der Waals surface area contributed by atoms with E-state index in [-0.39, 0.29) is 44.0 Å². The van der Waals surface area contributed by atoms with E-state index in [0.29, 0.717) is 36.6 Å². The van der Waals surface area contributed by atoms with E-state index in [2.05, 4.69) is 38.8 Å². The van der Waals surface area contributed by atoms with Gasteiger partial charge in [0.1, 0.15) is 11.8 Å². The third kappa shape index (κ3) is 5.95. The first-order valence-corrected chi connectivity index (χ1v) is 17.5. The van der Waals surface area contributed by atoms with Gasteiger partial charge in [-0.3, -0.25) is 14.4 Å². The van der Waals surface area contributed by atoms with Crippen LogP contribution in [0, 0.1) is 11.8 Å². The Bertz CT molecular complexity index is 1480. The van der Waals surface area contributed by atoms with Crippen molar-refractivity contribution in [1.29, 1.82) is 0 Å². The summed E-state index contributed by atoms with van der Waals surface area (Å²) in [5.41, 5.74) is 2.47. The fraction of sp³-hybridized carbons (Fsp3) is 0.486. The first-order chi connectivity index (χ1) is 22.6. The van der Waals surface area contributed by atoms with Crippen LogP contribution in [0.5, 0.6) is 5.75 Å². The molecule has 1 spiro atoms. The van der Waals surface area contributed by atoms with E-state index in [9.17, 15) is 19.5 Å². The maximum atomic E-state index is 14.8. The number of anilines is 3. The molecule has 0 aromatic heterocycles. The lowest BCUT2D eigenvalue weighted by Crippen LogP contribution is -2.55. The minimum Gasteiger partial charge on any atom is -0.494 e. The van der Waals surface area contributed by atoms with Crippen LogP contribution in [0.3, 0.4) is 0 Å². The van der Waals surface area contributed by atoms with Gasteiger partial charge in [-0.05, 0) is 89.1 Å². The lowest BCUT2D eigenvalue weighted by atomic mass is 9.66. The summed E-state index contributed by atoms with van der Waals surface area (Å²) in [6.45, 7) is 18.6. The van der Waals surface area contributed by atoms with Crippen LogP contribution in [0.4, 0.5) is 17.1 Å². The first kappa shape index (κ1) is 34.6. The summed E-state index contributed by atoms with van der Waals surface area (Å²) in [6.07, 6.45) is 4.70. The van der Waals surface area contributed by atoms with Crippen LogP contribution in [0.2, 0.25) is 0 Å². The number of aliphatic hydroxyl groups is 1. The zero-order valence-electron chi connectivity index (χ0n) is 28.1. The molecule has 1 N–H and O–H groups in total. The molecule has 3 aliphatic rings. The minimum absolute atomic E-state index is 0.0176. The van der Waals surface area contributed by atoms with Crippen molar-refractivity contribution >= 4 is 46.5 Å². The molecular weight excluding hydrogens is 612 g/mol. The number of β-amino-alcohol motifs (C(OH)–C–C–N with tert-alkyl or cyclic N) is 1. The summed E-state index contributed by atoms with van der Waals surface area (Å²) in [6, 6.07) is 14.4. The van der Waals surface area contributed by atoms with Gasteiger partial charge in [0.05, 0.1) is 29.8 Å². The summed E-state index contributed by atoms with van der Waals surface area (Å²) in [7, 11) is 0. The van der Waals surface area contributed by atoms with Gasteiger partial charge >= 0.3 is 0 Å². The molecule has 47 heavy (non-hydrogen) atoms. The van der Waals surface area contributed by atoms with E-state index in [4.69, 9.17) is 4.74 Å². The van der Waals surface area contributed by atoms with Crippen molar-refractivity contribution < 1.29 is 24.2 Å². The van der Waals surface area contributed by atoms with Crippen LogP contribution in [0.25, 0.3) is 0 Å². The maximum Gasteiger partial charge on any atom is 0.251 e. The quantitative estimate of drug-likeness (QED) is 0.265. The number of hydrogen-bond donors (Lipinski definition) is 1. The standard InChI is InChI=1S/C37H48N4O5S/c1-7-22-39(28-16-18-29(19-17-28)46-11-5)33(43)30-31-34(44)41(24-25-42)32(37(31)21-20-36(30,6)47-37)35(45)40(23-8-2)27-14-12-26(13-15-27)38(9-3)10-4/h7-8,12-19,30-32,42H,1-2,9-11,20-25H2,3-6H3/t30-,31-,32?,36+,37?/m0/s1. The predicted molar refractivity (Wildman–Crippen MR) is 190 cm³/mol. The van der Waals surface area contributed by atoms with Gasteiger partial charge in [0.15, 0.2) is 0 Å². The Labute approximate surface area is 283 Å². The largest absolute Gasteiger partial charge is 0.494 e. The molecule has 3 aliphatic heterocycles. The zero-order chi connectivity index (χ0) is 33.9. The topological polar surface area (TPSA) is 93.6 Å². The molecule has 3 heterocycles. The van der Waals surface area contributed by atoms with Crippen LogP contribution in [0.1, 0.15) is 40.5 Å². The van der Waals surface area contributed by atoms with Gasteiger partial charge in [0.2, 0.25) is 11.8 Å². The van der Waals surface area contributed by atoms with E-state index < -0.39 is 27.4 Å². The van der Waals surface area contributed by atoms with Crippen LogP contribution in [0.15, 0.2) is 73.8 Å². The molecule has 10 heteroatoms. The lowest BCUT2D eigenvalue weighted by molar-refractivity contribution is -0.140. The van der Waals surface area contributed by atoms with E-state index in [0.717, 1.165) is 18.8 Å². The van der Waals surface area contributed by atoms with Crippen molar-refractivity contribution in [3.05, 3.63) is 73.8 Å². The van der Waals surface area contributed by atoms with Crippen LogP contribution in [-0.2, 0) is 14.4 Å². The summed E-state index contributed by atoms with van der Waals surface area (Å²) >= 11 is 1.62. The average molecular weight is 661 g/mol. The highest BCUT2D eigenvalue weighted by molar-refractivity contribution is 8.02. The SMILES string of the molecule is C=CCN(C(=O)C1N(CCO)C(=O)[C@@H]2[C@@H](C(=O)N(CC=C)c3ccc(OCC)cc3)[C@@]3(C)CCC12S3)c1ccc(N(CC)CC)cc1. The van der Waals surface area contributed by atoms with Gasteiger partial charge in [0, 0.05) is 54.5 Å². The number of likely N-dealkylation sites (tertiary alicyclic amines) is 1. The van der Waals surface area contributed by atoms with Crippen molar-refractivity contribution in [2.45, 2.75) is 56.1 Å². The summed E-state index contributed by atoms with van der Waals surface area (Å²) in [5, 5.41) is 10.1. The number of amides is 3. The smallest absolute Gasteiger partial charge is 0.251 e. The predicted octanol–water partition coefficient (Wildman–Crippen LogP) is 5.14. The Hall–Kier alpha value is -3.76. The second-order valence-corrected chi connectivity index (χ2v) is 14.5. The number of thioether (sulfide) groups is 1. The maximum absolute atomic E-state index is 14.8. The minimum atomic E-state index is -0.836. The molecule has 0 aliphatic carbocycles. The van der Waals surface area contributed by atoms with Crippen molar-refractivity contribution in [2.75, 3.05) is 60.6 Å². The molecule has 3 amide bonds. The molecule has 2 aromatic rings. The van der Waals surface area contributed by atoms with Crippen LogP contribution in [-0.4, -0.2) is 89.2 Å². The summed E-state index contributed by atoms with van der Waals surface area (Å²) in [4.78, 5) is 51.1. The van der Waals surface area contributed by atoms with E-state index in [1.807, 2.05) is 55.5 Å². The van der Waals surface area contributed by atoms with Crippen molar-refractivity contribution in [3.63, 3.8) is 0 Å². The second-order valence-electron chi connectivity index (χ2n) is 12.6. The zero-order valence-corrected chi connectivity index (χ0v) is 28.9. The van der Waals surface area contributed by atoms with Gasteiger partial charge in [-0.1, -0.05) is 12.2 Å². The van der Waals surface area contributed by atoms with E-state index >= 15 is 0 Å². The number of benzene rings is 2. The number of rotatable bonds is 15. The Morgan fingerprint density at radius 1 is 0.936 bits per heavy atom. The highest BCUT2D eigenvalue weighted by Gasteiger charge is 2.77. The van der Waals surface area contributed by atoms with Gasteiger partial charge in [0.25, 0.3) is 5.91 Å². The van der Waals surface area contributed by atoms with Gasteiger partial charge < -0.3 is 29.4 Å². The van der Waals surface area contributed by atoms with Crippen LogP contribution < -0.4 is 19.4 Å². The summed E-state index contributed by atoms with van der Waals surface area (Å²) < 4.78 is 4.26. The average Bonchev–Trinajstić information content (AvgIpc) is 3.64. The Balaban J connectivity index is 1.52. The highest BCUT2D eigenvalue weighted by Crippen LogP contribution is 2.71. The molecule has 0 saturated carbocycles. The molecule has 252 valence electrons. The van der Waals surface area contributed by atoms with Gasteiger partial charge in [-0.15, -0.1) is 24.9 Å². The van der Waals surface area contributed by atoms with Crippen LogP contribution >= 0.6 is 11.8 Å². The third-order valence-electron chi connectivity index (χ3n) is 10.0. The number of hydrogen-bond acceptors (Lipinski definition) is 7. The van der Waals surface area contributed by atoms with E-state index in [1.54, 1.807) is 38.6 Å². The number of nitrogens with zero attached hydrogens (tertiary/aromatic N) is 4. The number of aliphatic hydroxyl groups excluding tert-OH is 1. The Morgan fingerprint density at radius 3 is 2.02 bits per heavy atom. The number of carbonyl (C=O) groups excluding carboxylic acids is 3. The lowest BCUT2D eigenvalue weighted by Gasteiger charge is -2.38. The molecule has 5 rings (SSSR count). The van der Waals surface area contributed by atoms with Gasteiger partial charge in [-0.25, -0.2) is 0 Å². The van der Waals surface area contributed by atoms with Crippen molar-refractivity contribution in [2.24, 2.45) is 11.8 Å². The normalized spacial score (nSPS) is 25.8. The molecule has 5 atom stereocenters. The second kappa shape index (κ2) is 14.2. The van der Waals surface area contributed by atoms with Crippen molar-refractivity contribution in [1.82, 2.24) is 4.90 Å². The molecular formula is C37H48N4O5S.